The van der Waals surface area contributed by atoms with Gasteiger partial charge in [-0.15, -0.1) is 23.1 Å². The molecule has 146 valence electrons. The SMILES string of the molecule is CSc1sc(C(=N)NC(=O)OC(C)(C)C)cc1S(=N)(=O)c1cccc(Br)c1. The molecule has 1 atom stereocenters. The Morgan fingerprint density at radius 1 is 1.33 bits per heavy atom. The Hall–Kier alpha value is -1.36. The lowest BCUT2D eigenvalue weighted by atomic mass is 10.2. The number of carbonyl (C=O) groups is 1. The van der Waals surface area contributed by atoms with Gasteiger partial charge in [0, 0.05) is 4.47 Å². The maximum absolute atomic E-state index is 13.2. The number of nitrogens with one attached hydrogen (secondary N) is 3. The molecule has 1 heterocycles. The van der Waals surface area contributed by atoms with Gasteiger partial charge in [0.05, 0.1) is 18.9 Å². The van der Waals surface area contributed by atoms with Crippen LogP contribution in [-0.4, -0.2) is 28.0 Å². The van der Waals surface area contributed by atoms with Gasteiger partial charge in [0.15, 0.2) is 0 Å². The Kier molecular flexibility index (Phi) is 6.77. The number of hydrogen-bond acceptors (Lipinski definition) is 7. The molecule has 0 bridgehead atoms. The average molecular weight is 490 g/mol. The first kappa shape index (κ1) is 21.9. The number of rotatable bonds is 4. The summed E-state index contributed by atoms with van der Waals surface area (Å²) in [5.74, 6) is -0.153. The highest BCUT2D eigenvalue weighted by Crippen LogP contribution is 2.37. The zero-order chi connectivity index (χ0) is 20.4. The van der Waals surface area contributed by atoms with Gasteiger partial charge in [-0.1, -0.05) is 22.0 Å². The molecule has 10 heteroatoms. The largest absolute Gasteiger partial charge is 0.444 e. The molecule has 2 aromatic rings. The number of benzene rings is 1. The van der Waals surface area contributed by atoms with Crippen molar-refractivity contribution in [3.63, 3.8) is 0 Å². The van der Waals surface area contributed by atoms with Crippen molar-refractivity contribution in [1.82, 2.24) is 5.32 Å². The summed E-state index contributed by atoms with van der Waals surface area (Å²) in [6.45, 7) is 5.20. The molecule has 1 aromatic heterocycles. The van der Waals surface area contributed by atoms with Gasteiger partial charge in [-0.25, -0.2) is 13.8 Å². The molecule has 1 amide bonds. The second kappa shape index (κ2) is 8.34. The Labute approximate surface area is 175 Å². The topological polar surface area (TPSA) is 103 Å². The lowest BCUT2D eigenvalue weighted by Crippen LogP contribution is -2.36. The molecule has 27 heavy (non-hydrogen) atoms. The van der Waals surface area contributed by atoms with Gasteiger partial charge in [0.2, 0.25) is 0 Å². The van der Waals surface area contributed by atoms with Crippen molar-refractivity contribution in [2.24, 2.45) is 0 Å². The molecule has 6 nitrogen and oxygen atoms in total. The fourth-order valence-electron chi connectivity index (χ4n) is 2.06. The predicted molar refractivity (Wildman–Crippen MR) is 114 cm³/mol. The number of amides is 1. The fourth-order valence-corrected chi connectivity index (χ4v) is 6.66. The van der Waals surface area contributed by atoms with Crippen LogP contribution in [0.3, 0.4) is 0 Å². The summed E-state index contributed by atoms with van der Waals surface area (Å²) in [7, 11) is -3.26. The van der Waals surface area contributed by atoms with Crippen LogP contribution in [0.2, 0.25) is 0 Å². The van der Waals surface area contributed by atoms with Gasteiger partial charge in [-0.05, 0) is 51.3 Å². The first-order valence-electron chi connectivity index (χ1n) is 7.75. The van der Waals surface area contributed by atoms with Crippen LogP contribution in [0.1, 0.15) is 25.6 Å². The highest BCUT2D eigenvalue weighted by Gasteiger charge is 2.24. The van der Waals surface area contributed by atoms with Crippen LogP contribution in [0.4, 0.5) is 4.79 Å². The number of hydrogen-bond donors (Lipinski definition) is 3. The van der Waals surface area contributed by atoms with E-state index in [9.17, 15) is 9.00 Å². The van der Waals surface area contributed by atoms with Crippen LogP contribution in [0.25, 0.3) is 0 Å². The van der Waals surface area contributed by atoms with Crippen molar-refractivity contribution in [2.45, 2.75) is 40.4 Å². The maximum atomic E-state index is 13.2. The molecule has 0 saturated heterocycles. The molecule has 1 unspecified atom stereocenters. The zero-order valence-electron chi connectivity index (χ0n) is 15.2. The highest BCUT2D eigenvalue weighted by atomic mass is 79.9. The molecule has 1 aromatic carbocycles. The summed E-state index contributed by atoms with van der Waals surface area (Å²) >= 11 is 5.90. The standard InChI is InChI=1S/C17H20BrN3O3S3/c1-17(2,3)24-16(22)21-14(19)12-9-13(15(25-4)26-12)27(20,23)11-7-5-6-10(18)8-11/h5-9,20H,1-4H3,(H2,19,21,22). The normalized spacial score (nSPS) is 13.7. The molecule has 0 spiro atoms. The molecule has 0 saturated carbocycles. The van der Waals surface area contributed by atoms with Crippen LogP contribution in [0.15, 0.2) is 48.8 Å². The van der Waals surface area contributed by atoms with Gasteiger partial charge < -0.3 is 4.74 Å². The van der Waals surface area contributed by atoms with E-state index < -0.39 is 21.4 Å². The van der Waals surface area contributed by atoms with Gasteiger partial charge >= 0.3 is 6.09 Å². The van der Waals surface area contributed by atoms with Crippen molar-refractivity contribution in [3.05, 3.63) is 39.7 Å². The van der Waals surface area contributed by atoms with Gasteiger partial charge in [-0.3, -0.25) is 10.7 Å². The lowest BCUT2D eigenvalue weighted by molar-refractivity contribution is 0.0563. The van der Waals surface area contributed by atoms with Crippen LogP contribution in [0, 0.1) is 10.2 Å². The van der Waals surface area contributed by atoms with Crippen molar-refractivity contribution < 1.29 is 13.7 Å². The quantitative estimate of drug-likeness (QED) is 0.297. The number of thiophene rings is 1. The lowest BCUT2D eigenvalue weighted by Gasteiger charge is -2.19. The third kappa shape index (κ3) is 5.56. The van der Waals surface area contributed by atoms with Crippen LogP contribution < -0.4 is 5.32 Å². The summed E-state index contributed by atoms with van der Waals surface area (Å²) in [5.41, 5.74) is -0.675. The van der Waals surface area contributed by atoms with E-state index in [0.717, 1.165) is 4.47 Å². The van der Waals surface area contributed by atoms with Crippen LogP contribution in [-0.2, 0) is 14.5 Å². The smallest absolute Gasteiger partial charge is 0.413 e. The fraction of sp³-hybridized carbons (Fsp3) is 0.294. The molecular formula is C17H20BrN3O3S3. The molecule has 3 N–H and O–H groups in total. The minimum Gasteiger partial charge on any atom is -0.444 e. The number of halogens is 1. The third-order valence-corrected chi connectivity index (χ3v) is 8.06. The van der Waals surface area contributed by atoms with Crippen molar-refractivity contribution in [2.75, 3.05) is 6.26 Å². The van der Waals surface area contributed by atoms with Gasteiger partial charge in [0.25, 0.3) is 0 Å². The van der Waals surface area contributed by atoms with Crippen molar-refractivity contribution in [3.8, 4) is 0 Å². The van der Waals surface area contributed by atoms with E-state index in [2.05, 4.69) is 21.2 Å². The number of amidine groups is 1. The molecular weight excluding hydrogens is 470 g/mol. The minimum absolute atomic E-state index is 0.153. The maximum Gasteiger partial charge on any atom is 0.413 e. The Balaban J connectivity index is 2.35. The highest BCUT2D eigenvalue weighted by molar-refractivity contribution is 9.10. The summed E-state index contributed by atoms with van der Waals surface area (Å²) in [6, 6.07) is 8.36. The molecule has 0 radical (unpaired) electrons. The first-order valence-corrected chi connectivity index (χ1v) is 12.1. The Bertz CT molecular complexity index is 979. The van der Waals surface area contributed by atoms with Gasteiger partial charge in [-0.2, -0.15) is 0 Å². The molecule has 2 rings (SSSR count). The minimum atomic E-state index is -3.26. The second-order valence-electron chi connectivity index (χ2n) is 6.48. The van der Waals surface area contributed by atoms with E-state index >= 15 is 0 Å². The monoisotopic (exact) mass is 489 g/mol. The Morgan fingerprint density at radius 3 is 2.56 bits per heavy atom. The average Bonchev–Trinajstić information content (AvgIpc) is 2.98. The summed E-state index contributed by atoms with van der Waals surface area (Å²) in [5, 5.41) is 10.5. The van der Waals surface area contributed by atoms with Crippen LogP contribution in [0.5, 0.6) is 0 Å². The predicted octanol–water partition coefficient (Wildman–Crippen LogP) is 5.55. The van der Waals surface area contributed by atoms with E-state index in [1.54, 1.807) is 45.0 Å². The van der Waals surface area contributed by atoms with Crippen LogP contribution >= 0.6 is 39.0 Å². The summed E-state index contributed by atoms with van der Waals surface area (Å²) in [4.78, 5) is 13.0. The number of ether oxygens (including phenoxy) is 1. The Morgan fingerprint density at radius 2 is 2.00 bits per heavy atom. The van der Waals surface area contributed by atoms with E-state index in [1.165, 1.54) is 29.2 Å². The number of alkyl carbamates (subject to hydrolysis) is 1. The molecule has 0 aliphatic heterocycles. The summed E-state index contributed by atoms with van der Waals surface area (Å²) in [6.07, 6.45) is 1.09. The second-order valence-corrected chi connectivity index (χ2v) is 11.5. The molecule has 0 aliphatic carbocycles. The number of carbonyl (C=O) groups excluding carboxylic acids is 1. The number of thioether (sulfide) groups is 1. The van der Waals surface area contributed by atoms with E-state index in [-0.39, 0.29) is 5.84 Å². The van der Waals surface area contributed by atoms with Crippen molar-refractivity contribution >= 4 is 60.7 Å². The zero-order valence-corrected chi connectivity index (χ0v) is 19.2. The van der Waals surface area contributed by atoms with E-state index in [4.69, 9.17) is 14.9 Å². The first-order chi connectivity index (χ1) is 12.4. The van der Waals surface area contributed by atoms with E-state index in [1.807, 2.05) is 6.26 Å². The molecule has 0 fully saturated rings. The third-order valence-electron chi connectivity index (χ3n) is 3.16. The van der Waals surface area contributed by atoms with Gasteiger partial charge in [0.1, 0.15) is 21.2 Å². The molecule has 0 aliphatic rings. The van der Waals surface area contributed by atoms with E-state index in [0.29, 0.717) is 18.9 Å². The van der Waals surface area contributed by atoms with Crippen molar-refractivity contribution in [1.29, 1.82) is 10.2 Å². The summed E-state index contributed by atoms with van der Waals surface area (Å²) < 4.78 is 28.3.